The lowest BCUT2D eigenvalue weighted by Gasteiger charge is -2.37. The topological polar surface area (TPSA) is 54.4 Å². The van der Waals surface area contributed by atoms with Crippen LogP contribution in [0.5, 0.6) is 17.2 Å². The SMILES string of the molecule is COc1ccc(N2CCN(C[C@@H](O)c3ccc4c(c3)OCCCO4)CC2)cc1. The number of rotatable bonds is 5. The van der Waals surface area contributed by atoms with Crippen molar-refractivity contribution in [1.82, 2.24) is 4.90 Å². The van der Waals surface area contributed by atoms with Crippen molar-refractivity contribution in [2.75, 3.05) is 57.9 Å². The maximum absolute atomic E-state index is 10.7. The first-order valence-electron chi connectivity index (χ1n) is 9.92. The van der Waals surface area contributed by atoms with Crippen LogP contribution in [0.1, 0.15) is 18.1 Å². The molecule has 0 aliphatic carbocycles. The van der Waals surface area contributed by atoms with Gasteiger partial charge in [-0.15, -0.1) is 0 Å². The molecule has 0 bridgehead atoms. The maximum Gasteiger partial charge on any atom is 0.161 e. The number of nitrogens with zero attached hydrogens (tertiary/aromatic N) is 2. The number of methoxy groups -OCH3 is 1. The zero-order valence-electron chi connectivity index (χ0n) is 16.3. The summed E-state index contributed by atoms with van der Waals surface area (Å²) in [5, 5.41) is 10.7. The van der Waals surface area contributed by atoms with E-state index >= 15 is 0 Å². The van der Waals surface area contributed by atoms with Crippen molar-refractivity contribution in [2.24, 2.45) is 0 Å². The van der Waals surface area contributed by atoms with Crippen molar-refractivity contribution in [2.45, 2.75) is 12.5 Å². The largest absolute Gasteiger partial charge is 0.497 e. The highest BCUT2D eigenvalue weighted by atomic mass is 16.5. The molecule has 2 heterocycles. The van der Waals surface area contributed by atoms with Gasteiger partial charge < -0.3 is 24.2 Å². The molecular weight excluding hydrogens is 356 g/mol. The Morgan fingerprint density at radius 3 is 2.39 bits per heavy atom. The van der Waals surface area contributed by atoms with Gasteiger partial charge >= 0.3 is 0 Å². The van der Waals surface area contributed by atoms with Gasteiger partial charge in [0.25, 0.3) is 0 Å². The summed E-state index contributed by atoms with van der Waals surface area (Å²) in [5.74, 6) is 2.38. The minimum absolute atomic E-state index is 0.537. The molecule has 0 saturated carbocycles. The Hall–Kier alpha value is -2.44. The molecule has 1 fully saturated rings. The lowest BCUT2D eigenvalue weighted by atomic mass is 10.1. The van der Waals surface area contributed by atoms with Gasteiger partial charge in [0, 0.05) is 44.8 Å². The molecule has 2 aromatic carbocycles. The fourth-order valence-electron chi connectivity index (χ4n) is 3.72. The lowest BCUT2D eigenvalue weighted by Crippen LogP contribution is -2.47. The molecule has 150 valence electrons. The third-order valence-corrected chi connectivity index (χ3v) is 5.40. The average Bonchev–Trinajstić information content (AvgIpc) is 2.99. The fraction of sp³-hybridized carbons (Fsp3) is 0.455. The molecule has 2 aliphatic heterocycles. The zero-order valence-corrected chi connectivity index (χ0v) is 16.3. The van der Waals surface area contributed by atoms with Gasteiger partial charge in [-0.25, -0.2) is 0 Å². The van der Waals surface area contributed by atoms with E-state index in [1.807, 2.05) is 30.3 Å². The quantitative estimate of drug-likeness (QED) is 0.856. The molecule has 2 aromatic rings. The van der Waals surface area contributed by atoms with Crippen LogP contribution in [0.2, 0.25) is 0 Å². The van der Waals surface area contributed by atoms with E-state index in [0.717, 1.165) is 55.4 Å². The van der Waals surface area contributed by atoms with E-state index in [4.69, 9.17) is 14.2 Å². The Morgan fingerprint density at radius 2 is 1.68 bits per heavy atom. The van der Waals surface area contributed by atoms with Gasteiger partial charge in [0.05, 0.1) is 26.4 Å². The van der Waals surface area contributed by atoms with E-state index in [2.05, 4.69) is 21.9 Å². The highest BCUT2D eigenvalue weighted by Crippen LogP contribution is 2.32. The highest BCUT2D eigenvalue weighted by Gasteiger charge is 2.21. The molecule has 0 unspecified atom stereocenters. The third-order valence-electron chi connectivity index (χ3n) is 5.40. The number of hydrogen-bond donors (Lipinski definition) is 1. The second kappa shape index (κ2) is 8.71. The number of piperazine rings is 1. The number of benzene rings is 2. The van der Waals surface area contributed by atoms with Crippen molar-refractivity contribution in [3.8, 4) is 17.2 Å². The fourth-order valence-corrected chi connectivity index (χ4v) is 3.72. The van der Waals surface area contributed by atoms with Crippen LogP contribution in [-0.4, -0.2) is 63.1 Å². The minimum Gasteiger partial charge on any atom is -0.497 e. The molecule has 1 atom stereocenters. The van der Waals surface area contributed by atoms with Crippen LogP contribution in [0.4, 0.5) is 5.69 Å². The molecule has 6 nitrogen and oxygen atoms in total. The van der Waals surface area contributed by atoms with Crippen LogP contribution in [0, 0.1) is 0 Å². The summed E-state index contributed by atoms with van der Waals surface area (Å²) in [6, 6.07) is 13.9. The number of anilines is 1. The Balaban J connectivity index is 1.32. The summed E-state index contributed by atoms with van der Waals surface area (Å²) in [5.41, 5.74) is 2.09. The molecule has 6 heteroatoms. The Labute approximate surface area is 166 Å². The molecule has 1 saturated heterocycles. The van der Waals surface area contributed by atoms with Gasteiger partial charge in [-0.05, 0) is 42.0 Å². The molecule has 4 rings (SSSR count). The van der Waals surface area contributed by atoms with Crippen LogP contribution < -0.4 is 19.1 Å². The van der Waals surface area contributed by atoms with E-state index in [1.54, 1.807) is 7.11 Å². The molecule has 28 heavy (non-hydrogen) atoms. The monoisotopic (exact) mass is 384 g/mol. The molecule has 0 spiro atoms. The highest BCUT2D eigenvalue weighted by molar-refractivity contribution is 5.49. The van der Waals surface area contributed by atoms with Gasteiger partial charge in [-0.2, -0.15) is 0 Å². The zero-order chi connectivity index (χ0) is 19.3. The average molecular weight is 384 g/mol. The van der Waals surface area contributed by atoms with E-state index in [-0.39, 0.29) is 0 Å². The van der Waals surface area contributed by atoms with Crippen LogP contribution in [0.3, 0.4) is 0 Å². The summed E-state index contributed by atoms with van der Waals surface area (Å²) in [4.78, 5) is 4.68. The van der Waals surface area contributed by atoms with E-state index in [1.165, 1.54) is 5.69 Å². The maximum atomic E-state index is 10.7. The molecular formula is C22H28N2O4. The number of aliphatic hydroxyl groups is 1. The number of fused-ring (bicyclic) bond motifs is 1. The van der Waals surface area contributed by atoms with Crippen LogP contribution in [0.25, 0.3) is 0 Å². The molecule has 0 amide bonds. The van der Waals surface area contributed by atoms with Gasteiger partial charge in [0.15, 0.2) is 11.5 Å². The third kappa shape index (κ3) is 4.34. The van der Waals surface area contributed by atoms with Gasteiger partial charge in [-0.3, -0.25) is 4.90 Å². The second-order valence-corrected chi connectivity index (χ2v) is 7.26. The van der Waals surface area contributed by atoms with E-state index in [0.29, 0.717) is 19.8 Å². The predicted octanol–water partition coefficient (Wildman–Crippen LogP) is 2.71. The van der Waals surface area contributed by atoms with Crippen LogP contribution in [-0.2, 0) is 0 Å². The van der Waals surface area contributed by atoms with Crippen molar-refractivity contribution in [3.05, 3.63) is 48.0 Å². The lowest BCUT2D eigenvalue weighted by molar-refractivity contribution is 0.109. The normalized spacial score (nSPS) is 18.4. The number of β-amino-alcohol motifs (C(OH)–C–C–N with tert-alkyl or cyclic N) is 1. The molecule has 0 radical (unpaired) electrons. The summed E-state index contributed by atoms with van der Waals surface area (Å²) in [6.07, 6.45) is 0.343. The minimum atomic E-state index is -0.537. The van der Waals surface area contributed by atoms with Gasteiger partial charge in [0.2, 0.25) is 0 Å². The first kappa shape index (κ1) is 18.9. The first-order valence-corrected chi connectivity index (χ1v) is 9.92. The van der Waals surface area contributed by atoms with Gasteiger partial charge in [0.1, 0.15) is 5.75 Å². The smallest absolute Gasteiger partial charge is 0.161 e. The summed E-state index contributed by atoms with van der Waals surface area (Å²) in [6.45, 7) is 5.69. The summed E-state index contributed by atoms with van der Waals surface area (Å²) in [7, 11) is 1.68. The van der Waals surface area contributed by atoms with Crippen LogP contribution >= 0.6 is 0 Å². The Kier molecular flexibility index (Phi) is 5.88. The van der Waals surface area contributed by atoms with Gasteiger partial charge in [-0.1, -0.05) is 6.07 Å². The van der Waals surface area contributed by atoms with Crippen molar-refractivity contribution in [1.29, 1.82) is 0 Å². The standard InChI is InChI=1S/C22H28N2O4/c1-26-19-6-4-18(5-7-19)24-11-9-23(10-12-24)16-20(25)17-3-8-21-22(15-17)28-14-2-13-27-21/h3-8,15,20,25H,2,9-14,16H2,1H3/t20-/m1/s1. The van der Waals surface area contributed by atoms with E-state index in [9.17, 15) is 5.11 Å². The van der Waals surface area contributed by atoms with Crippen molar-refractivity contribution >= 4 is 5.69 Å². The summed E-state index contributed by atoms with van der Waals surface area (Å²) < 4.78 is 16.6. The number of ether oxygens (including phenoxy) is 3. The molecule has 0 aromatic heterocycles. The Morgan fingerprint density at radius 1 is 0.964 bits per heavy atom. The van der Waals surface area contributed by atoms with E-state index < -0.39 is 6.10 Å². The second-order valence-electron chi connectivity index (χ2n) is 7.26. The first-order chi connectivity index (χ1) is 13.7. The van der Waals surface area contributed by atoms with Crippen LogP contribution in [0.15, 0.2) is 42.5 Å². The predicted molar refractivity (Wildman–Crippen MR) is 109 cm³/mol. The van der Waals surface area contributed by atoms with Crippen molar-refractivity contribution < 1.29 is 19.3 Å². The van der Waals surface area contributed by atoms with Crippen molar-refractivity contribution in [3.63, 3.8) is 0 Å². The number of aliphatic hydroxyl groups excluding tert-OH is 1. The molecule has 2 aliphatic rings. The summed E-state index contributed by atoms with van der Waals surface area (Å²) >= 11 is 0. The Bertz CT molecular complexity index is 773. The number of hydrogen-bond acceptors (Lipinski definition) is 6. The molecule has 1 N–H and O–H groups in total.